The average Bonchev–Trinajstić information content (AvgIpc) is 3.34. The standard InChI is InChI=1S/C34H38ClFN4O8S2/c1-34(2)13-21(38-20-6-4-5-19(12-20)30-28(35)29(31(49-30)33(43)44)48-16-26(41)47-3)9-10-40(34)50(45,46)17-18-7-8-24(36)25(11-18)39-32(42)27-22-14-37-15-23(22)27/h4-8,11-12,21-23,27,37-38H,9-10,13-17H2,1-3H3,(H,39,42)(H,43,44)/t21-,22-,23?,27?/m1/s1. The minimum absolute atomic E-state index is 0.0157. The number of sulfonamides is 1. The second-order valence-electron chi connectivity index (χ2n) is 13.4. The molecule has 2 aliphatic heterocycles. The van der Waals surface area contributed by atoms with E-state index in [0.717, 1.165) is 30.1 Å². The normalized spacial score (nSPS) is 22.7. The predicted octanol–water partition coefficient (Wildman–Crippen LogP) is 5.05. The fourth-order valence-corrected chi connectivity index (χ4v) is 10.5. The molecular formula is C34H38ClFN4O8S2. The minimum atomic E-state index is -3.82. The van der Waals surface area contributed by atoms with Crippen molar-refractivity contribution < 1.29 is 41.8 Å². The molecule has 2 aromatic carbocycles. The predicted molar refractivity (Wildman–Crippen MR) is 188 cm³/mol. The molecule has 6 rings (SSSR count). The number of carbonyl (C=O) groups is 3. The number of thiophene rings is 1. The zero-order valence-electron chi connectivity index (χ0n) is 27.6. The number of carboxylic acids is 1. The number of halogens is 2. The van der Waals surface area contributed by atoms with Crippen molar-refractivity contribution in [2.24, 2.45) is 17.8 Å². The first-order chi connectivity index (χ1) is 23.7. The fourth-order valence-electron chi connectivity index (χ4n) is 7.12. The lowest BCUT2D eigenvalue weighted by Crippen LogP contribution is -2.55. The summed E-state index contributed by atoms with van der Waals surface area (Å²) in [5.74, 6) is -2.85. The van der Waals surface area contributed by atoms with Crippen LogP contribution in [0.2, 0.25) is 5.02 Å². The van der Waals surface area contributed by atoms with Gasteiger partial charge in [0.15, 0.2) is 17.2 Å². The van der Waals surface area contributed by atoms with Crippen LogP contribution in [-0.4, -0.2) is 80.6 Å². The fraction of sp³-hybridized carbons (Fsp3) is 0.441. The third-order valence-corrected chi connectivity index (χ3v) is 13.3. The molecule has 4 N–H and O–H groups in total. The van der Waals surface area contributed by atoms with Gasteiger partial charge in [0, 0.05) is 29.7 Å². The van der Waals surface area contributed by atoms with Crippen LogP contribution in [0, 0.1) is 23.6 Å². The third kappa shape index (κ3) is 7.47. The highest BCUT2D eigenvalue weighted by Gasteiger charge is 2.57. The smallest absolute Gasteiger partial charge is 0.349 e. The highest BCUT2D eigenvalue weighted by molar-refractivity contribution is 7.88. The third-order valence-electron chi connectivity index (χ3n) is 9.53. The molecule has 2 saturated heterocycles. The van der Waals surface area contributed by atoms with E-state index in [1.54, 1.807) is 12.1 Å². The highest BCUT2D eigenvalue weighted by Crippen LogP contribution is 2.49. The first-order valence-electron chi connectivity index (χ1n) is 16.1. The van der Waals surface area contributed by atoms with E-state index >= 15 is 0 Å². The van der Waals surface area contributed by atoms with Gasteiger partial charge in [0.2, 0.25) is 15.9 Å². The summed E-state index contributed by atoms with van der Waals surface area (Å²) >= 11 is 7.48. The number of hydrogen-bond acceptors (Lipinski definition) is 10. The number of nitrogens with zero attached hydrogens (tertiary/aromatic N) is 1. The number of fused-ring (bicyclic) bond motifs is 1. The van der Waals surface area contributed by atoms with Crippen LogP contribution < -0.4 is 20.7 Å². The van der Waals surface area contributed by atoms with E-state index in [1.807, 2.05) is 26.0 Å². The molecule has 50 heavy (non-hydrogen) atoms. The molecule has 1 saturated carbocycles. The second kappa shape index (κ2) is 14.1. The summed E-state index contributed by atoms with van der Waals surface area (Å²) in [6.07, 6.45) is 0.985. The number of anilines is 2. The maximum absolute atomic E-state index is 14.7. The van der Waals surface area contributed by atoms with Crippen LogP contribution >= 0.6 is 22.9 Å². The van der Waals surface area contributed by atoms with Crippen molar-refractivity contribution >= 4 is 62.2 Å². The minimum Gasteiger partial charge on any atom is -0.479 e. The molecule has 3 fully saturated rings. The van der Waals surface area contributed by atoms with Crippen molar-refractivity contribution in [3.8, 4) is 16.2 Å². The van der Waals surface area contributed by atoms with Crippen LogP contribution in [0.15, 0.2) is 42.5 Å². The van der Waals surface area contributed by atoms with Gasteiger partial charge in [-0.05, 0) is 87.0 Å². The molecule has 0 radical (unpaired) electrons. The van der Waals surface area contributed by atoms with Crippen LogP contribution in [0.1, 0.15) is 41.9 Å². The van der Waals surface area contributed by atoms with Gasteiger partial charge in [-0.3, -0.25) is 4.79 Å². The molecule has 3 heterocycles. The number of amides is 1. The summed E-state index contributed by atoms with van der Waals surface area (Å²) < 4.78 is 53.6. The Labute approximate surface area is 298 Å². The molecule has 1 amide bonds. The molecule has 12 nitrogen and oxygen atoms in total. The van der Waals surface area contributed by atoms with E-state index in [2.05, 4.69) is 20.7 Å². The maximum Gasteiger partial charge on any atom is 0.349 e. The van der Waals surface area contributed by atoms with Crippen molar-refractivity contribution in [1.82, 2.24) is 9.62 Å². The zero-order valence-corrected chi connectivity index (χ0v) is 30.0. The first kappa shape index (κ1) is 36.0. The Morgan fingerprint density at radius 2 is 1.90 bits per heavy atom. The Bertz CT molecular complexity index is 1930. The SMILES string of the molecule is COC(=O)COc1c(C(=O)O)sc(-c2cccc(N[C@@H]3CCN(S(=O)(=O)Cc4ccc(F)c(NC(=O)C5C6CNC[C@H]65)c4)C(C)(C)C3)c2)c1Cl. The van der Waals surface area contributed by atoms with Gasteiger partial charge in [-0.25, -0.2) is 22.4 Å². The zero-order chi connectivity index (χ0) is 36.0. The molecule has 1 aromatic heterocycles. The Morgan fingerprint density at radius 1 is 1.16 bits per heavy atom. The summed E-state index contributed by atoms with van der Waals surface area (Å²) in [6.45, 7) is 5.02. The number of hydrogen-bond donors (Lipinski definition) is 4. The number of aromatic carboxylic acids is 1. The summed E-state index contributed by atoms with van der Waals surface area (Å²) in [5.41, 5.74) is 0.958. The van der Waals surface area contributed by atoms with Crippen molar-refractivity contribution in [3.63, 3.8) is 0 Å². The van der Waals surface area contributed by atoms with Gasteiger partial charge in [0.05, 0.1) is 23.4 Å². The number of rotatable bonds is 12. The van der Waals surface area contributed by atoms with Crippen LogP contribution in [-0.2, 0) is 30.1 Å². The van der Waals surface area contributed by atoms with E-state index < -0.39 is 39.9 Å². The van der Waals surface area contributed by atoms with Crippen LogP contribution in [0.3, 0.4) is 0 Å². The van der Waals surface area contributed by atoms with E-state index in [9.17, 15) is 32.3 Å². The summed E-state index contributed by atoms with van der Waals surface area (Å²) in [5, 5.41) is 19.2. The van der Waals surface area contributed by atoms with Crippen molar-refractivity contribution in [2.75, 3.05) is 44.0 Å². The monoisotopic (exact) mass is 748 g/mol. The largest absolute Gasteiger partial charge is 0.479 e. The van der Waals surface area contributed by atoms with E-state index in [1.165, 1.54) is 29.6 Å². The number of carboxylic acid groups (broad SMARTS) is 1. The van der Waals surface area contributed by atoms with Crippen molar-refractivity contribution in [2.45, 2.75) is 44.0 Å². The number of ether oxygens (including phenoxy) is 2. The number of methoxy groups -OCH3 is 1. The molecule has 2 unspecified atom stereocenters. The maximum atomic E-state index is 14.7. The topological polar surface area (TPSA) is 163 Å². The lowest BCUT2D eigenvalue weighted by molar-refractivity contribution is -0.142. The molecule has 268 valence electrons. The summed E-state index contributed by atoms with van der Waals surface area (Å²) in [4.78, 5) is 36.5. The van der Waals surface area contributed by atoms with Gasteiger partial charge in [-0.2, -0.15) is 4.31 Å². The Balaban J connectivity index is 1.11. The summed E-state index contributed by atoms with van der Waals surface area (Å²) in [6, 6.07) is 11.2. The molecular weight excluding hydrogens is 711 g/mol. The van der Waals surface area contributed by atoms with Gasteiger partial charge in [0.25, 0.3) is 0 Å². The quantitative estimate of drug-likeness (QED) is 0.185. The van der Waals surface area contributed by atoms with Crippen LogP contribution in [0.25, 0.3) is 10.4 Å². The van der Waals surface area contributed by atoms with Crippen LogP contribution in [0.4, 0.5) is 15.8 Å². The molecule has 0 bridgehead atoms. The Morgan fingerprint density at radius 3 is 2.58 bits per heavy atom. The number of piperidine rings is 2. The Kier molecular flexibility index (Phi) is 10.2. The number of nitrogens with one attached hydrogen (secondary N) is 3. The van der Waals surface area contributed by atoms with E-state index in [4.69, 9.17) is 16.3 Å². The highest BCUT2D eigenvalue weighted by atomic mass is 35.5. The number of benzene rings is 2. The first-order valence-corrected chi connectivity index (χ1v) is 18.9. The average molecular weight is 749 g/mol. The van der Waals surface area contributed by atoms with Crippen molar-refractivity contribution in [1.29, 1.82) is 0 Å². The van der Waals surface area contributed by atoms with Gasteiger partial charge in [0.1, 0.15) is 10.8 Å². The number of carbonyl (C=O) groups excluding carboxylic acids is 2. The van der Waals surface area contributed by atoms with Gasteiger partial charge in [-0.15, -0.1) is 11.3 Å². The number of esters is 1. The lowest BCUT2D eigenvalue weighted by atomic mass is 9.89. The Hall–Kier alpha value is -3.76. The summed E-state index contributed by atoms with van der Waals surface area (Å²) in [7, 11) is -2.63. The lowest BCUT2D eigenvalue weighted by Gasteiger charge is -2.45. The molecule has 3 aliphatic rings. The second-order valence-corrected chi connectivity index (χ2v) is 16.7. The van der Waals surface area contributed by atoms with E-state index in [0.29, 0.717) is 28.8 Å². The van der Waals surface area contributed by atoms with Crippen LogP contribution in [0.5, 0.6) is 5.75 Å². The molecule has 4 atom stereocenters. The van der Waals surface area contributed by atoms with Gasteiger partial charge < -0.3 is 30.5 Å². The molecule has 1 aliphatic carbocycles. The van der Waals surface area contributed by atoms with Crippen molar-refractivity contribution in [3.05, 3.63) is 63.7 Å². The molecule has 3 aromatic rings. The van der Waals surface area contributed by atoms with Gasteiger partial charge in [-0.1, -0.05) is 29.8 Å². The molecule has 16 heteroatoms. The van der Waals surface area contributed by atoms with E-state index in [-0.39, 0.29) is 63.3 Å². The van der Waals surface area contributed by atoms with Gasteiger partial charge >= 0.3 is 11.9 Å². The molecule has 0 spiro atoms.